The van der Waals surface area contributed by atoms with Gasteiger partial charge in [-0.15, -0.1) is 0 Å². The Morgan fingerprint density at radius 1 is 1.15 bits per heavy atom. The third kappa shape index (κ3) is 2.25. The van der Waals surface area contributed by atoms with E-state index < -0.39 is 0 Å². The van der Waals surface area contributed by atoms with Crippen LogP contribution in [0.3, 0.4) is 0 Å². The molecule has 2 aromatic heterocycles. The minimum absolute atomic E-state index is 0.203. The summed E-state index contributed by atoms with van der Waals surface area (Å²) in [6, 6.07) is 11.2. The Kier molecular flexibility index (Phi) is 3.16. The average molecular weight is 266 g/mol. The number of hydrogen-bond donors (Lipinski definition) is 1. The second-order valence-corrected chi connectivity index (χ2v) is 4.44. The van der Waals surface area contributed by atoms with E-state index in [1.165, 1.54) is 10.1 Å². The number of hydrogen-bond acceptors (Lipinski definition) is 3. The van der Waals surface area contributed by atoms with E-state index >= 15 is 0 Å². The Labute approximate surface area is 116 Å². The van der Waals surface area contributed by atoms with Crippen LogP contribution >= 0.6 is 0 Å². The van der Waals surface area contributed by atoms with Gasteiger partial charge in [-0.3, -0.25) is 4.79 Å². The zero-order chi connectivity index (χ0) is 13.9. The molecule has 1 amide bonds. The van der Waals surface area contributed by atoms with Crippen molar-refractivity contribution < 1.29 is 4.79 Å². The summed E-state index contributed by atoms with van der Waals surface area (Å²) in [6.07, 6.45) is 4.20. The molecule has 20 heavy (non-hydrogen) atoms. The number of fused-ring (bicyclic) bond motifs is 1. The third-order valence-corrected chi connectivity index (χ3v) is 3.14. The van der Waals surface area contributed by atoms with Crippen LogP contribution in [0.1, 0.15) is 23.0 Å². The molecule has 5 heteroatoms. The first kappa shape index (κ1) is 12.3. The number of nitrogens with one attached hydrogen (secondary N) is 1. The number of amides is 1. The quantitative estimate of drug-likeness (QED) is 0.792. The number of anilines is 1. The fraction of sp³-hybridized carbons (Fsp3) is 0.133. The maximum absolute atomic E-state index is 12.3. The summed E-state index contributed by atoms with van der Waals surface area (Å²) in [6.45, 7) is 2.10. The van der Waals surface area contributed by atoms with Gasteiger partial charge in [0.2, 0.25) is 0 Å². The fourth-order valence-electron chi connectivity index (χ4n) is 2.03. The molecule has 0 fully saturated rings. The normalized spacial score (nSPS) is 10.7. The molecule has 5 nitrogen and oxygen atoms in total. The molecule has 0 aliphatic heterocycles. The zero-order valence-corrected chi connectivity index (χ0v) is 11.1. The van der Waals surface area contributed by atoms with Gasteiger partial charge >= 0.3 is 0 Å². The standard InChI is InChI=1S/C15H14N4O/c1-2-11-3-5-12(6-4-11)18-15(20)13-7-9-16-14-8-10-17-19(13)14/h3-10H,2H2,1H3,(H,18,20). The van der Waals surface area contributed by atoms with E-state index in [1.807, 2.05) is 24.3 Å². The molecular weight excluding hydrogens is 252 g/mol. The van der Waals surface area contributed by atoms with Gasteiger partial charge in [-0.2, -0.15) is 5.10 Å². The second kappa shape index (κ2) is 5.13. The van der Waals surface area contributed by atoms with Crippen molar-refractivity contribution in [1.82, 2.24) is 14.6 Å². The van der Waals surface area contributed by atoms with Gasteiger partial charge < -0.3 is 5.32 Å². The highest BCUT2D eigenvalue weighted by Crippen LogP contribution is 2.12. The van der Waals surface area contributed by atoms with Crippen molar-refractivity contribution in [3.8, 4) is 0 Å². The lowest BCUT2D eigenvalue weighted by Crippen LogP contribution is -2.16. The molecule has 0 bridgehead atoms. The molecular formula is C15H14N4O. The predicted octanol–water partition coefficient (Wildman–Crippen LogP) is 2.54. The third-order valence-electron chi connectivity index (χ3n) is 3.14. The van der Waals surface area contributed by atoms with E-state index in [-0.39, 0.29) is 5.91 Å². The fourth-order valence-corrected chi connectivity index (χ4v) is 2.03. The number of aromatic nitrogens is 3. The smallest absolute Gasteiger partial charge is 0.274 e. The van der Waals surface area contributed by atoms with E-state index in [0.29, 0.717) is 11.3 Å². The molecule has 1 aromatic carbocycles. The largest absolute Gasteiger partial charge is 0.321 e. The first-order valence-electron chi connectivity index (χ1n) is 6.47. The minimum atomic E-state index is -0.203. The molecule has 100 valence electrons. The number of aryl methyl sites for hydroxylation is 1. The molecule has 0 radical (unpaired) electrons. The summed E-state index contributed by atoms with van der Waals surface area (Å²) >= 11 is 0. The van der Waals surface area contributed by atoms with E-state index in [4.69, 9.17) is 0 Å². The van der Waals surface area contributed by atoms with Crippen LogP contribution < -0.4 is 5.32 Å². The Hall–Kier alpha value is -2.69. The van der Waals surface area contributed by atoms with E-state index in [1.54, 1.807) is 24.5 Å². The summed E-state index contributed by atoms with van der Waals surface area (Å²) < 4.78 is 1.52. The molecule has 3 aromatic rings. The SMILES string of the molecule is CCc1ccc(NC(=O)c2ccnc3ccnn23)cc1. The van der Waals surface area contributed by atoms with Gasteiger partial charge in [0.15, 0.2) is 5.65 Å². The number of benzene rings is 1. The summed E-state index contributed by atoms with van der Waals surface area (Å²) in [7, 11) is 0. The molecule has 0 aliphatic rings. The molecule has 0 aliphatic carbocycles. The lowest BCUT2D eigenvalue weighted by molar-refractivity contribution is 0.102. The van der Waals surface area contributed by atoms with Gasteiger partial charge in [0.1, 0.15) is 5.69 Å². The Bertz CT molecular complexity index is 746. The first-order valence-corrected chi connectivity index (χ1v) is 6.47. The van der Waals surface area contributed by atoms with Crippen LogP contribution in [0.25, 0.3) is 5.65 Å². The highest BCUT2D eigenvalue weighted by molar-refractivity contribution is 6.03. The highest BCUT2D eigenvalue weighted by Gasteiger charge is 2.11. The van der Waals surface area contributed by atoms with Crippen molar-refractivity contribution in [2.75, 3.05) is 5.32 Å². The average Bonchev–Trinajstić information content (AvgIpc) is 2.96. The molecule has 3 rings (SSSR count). The van der Waals surface area contributed by atoms with Crippen LogP contribution in [0.5, 0.6) is 0 Å². The van der Waals surface area contributed by atoms with Gasteiger partial charge in [0.05, 0.1) is 6.20 Å². The second-order valence-electron chi connectivity index (χ2n) is 4.44. The van der Waals surface area contributed by atoms with Crippen LogP contribution in [0.4, 0.5) is 5.69 Å². The van der Waals surface area contributed by atoms with Gasteiger partial charge in [-0.25, -0.2) is 9.50 Å². The topological polar surface area (TPSA) is 59.3 Å². The van der Waals surface area contributed by atoms with E-state index in [2.05, 4.69) is 22.3 Å². The maximum Gasteiger partial charge on any atom is 0.274 e. The van der Waals surface area contributed by atoms with Gasteiger partial charge in [0.25, 0.3) is 5.91 Å². The Morgan fingerprint density at radius 2 is 1.95 bits per heavy atom. The van der Waals surface area contributed by atoms with Crippen molar-refractivity contribution in [2.24, 2.45) is 0 Å². The monoisotopic (exact) mass is 266 g/mol. The van der Waals surface area contributed by atoms with Crippen LogP contribution in [-0.4, -0.2) is 20.5 Å². The lowest BCUT2D eigenvalue weighted by Gasteiger charge is -2.07. The van der Waals surface area contributed by atoms with E-state index in [0.717, 1.165) is 12.1 Å². The molecule has 0 atom stereocenters. The maximum atomic E-state index is 12.3. The van der Waals surface area contributed by atoms with Crippen molar-refractivity contribution in [1.29, 1.82) is 0 Å². The first-order chi connectivity index (χ1) is 9.78. The van der Waals surface area contributed by atoms with Crippen molar-refractivity contribution in [2.45, 2.75) is 13.3 Å². The number of carbonyl (C=O) groups excluding carboxylic acids is 1. The summed E-state index contributed by atoms with van der Waals surface area (Å²) in [5, 5.41) is 6.97. The zero-order valence-electron chi connectivity index (χ0n) is 11.1. The Balaban J connectivity index is 1.87. The summed E-state index contributed by atoms with van der Waals surface area (Å²) in [4.78, 5) is 16.4. The Morgan fingerprint density at radius 3 is 2.70 bits per heavy atom. The highest BCUT2D eigenvalue weighted by atomic mass is 16.2. The molecule has 0 saturated carbocycles. The van der Waals surface area contributed by atoms with Gasteiger partial charge in [0, 0.05) is 18.0 Å². The predicted molar refractivity (Wildman–Crippen MR) is 76.8 cm³/mol. The molecule has 0 spiro atoms. The number of nitrogens with zero attached hydrogens (tertiary/aromatic N) is 3. The van der Waals surface area contributed by atoms with Gasteiger partial charge in [-0.05, 0) is 30.2 Å². The van der Waals surface area contributed by atoms with Crippen LogP contribution in [0, 0.1) is 0 Å². The van der Waals surface area contributed by atoms with Crippen LogP contribution in [-0.2, 0) is 6.42 Å². The van der Waals surface area contributed by atoms with Crippen LogP contribution in [0.15, 0.2) is 48.8 Å². The number of rotatable bonds is 3. The van der Waals surface area contributed by atoms with E-state index in [9.17, 15) is 4.79 Å². The minimum Gasteiger partial charge on any atom is -0.321 e. The number of carbonyl (C=O) groups is 1. The van der Waals surface area contributed by atoms with Crippen molar-refractivity contribution >= 4 is 17.2 Å². The van der Waals surface area contributed by atoms with Gasteiger partial charge in [-0.1, -0.05) is 19.1 Å². The van der Waals surface area contributed by atoms with Crippen molar-refractivity contribution in [3.05, 3.63) is 60.0 Å². The molecule has 1 N–H and O–H groups in total. The summed E-state index contributed by atoms with van der Waals surface area (Å²) in [5.41, 5.74) is 3.12. The molecule has 0 saturated heterocycles. The molecule has 0 unspecified atom stereocenters. The summed E-state index contributed by atoms with van der Waals surface area (Å²) in [5.74, 6) is -0.203. The van der Waals surface area contributed by atoms with Crippen LogP contribution in [0.2, 0.25) is 0 Å². The van der Waals surface area contributed by atoms with Crippen molar-refractivity contribution in [3.63, 3.8) is 0 Å². The molecule has 2 heterocycles. The lowest BCUT2D eigenvalue weighted by atomic mass is 10.1.